The Bertz CT molecular complexity index is 1700. The first kappa shape index (κ1) is 33.8. The second-order valence-electron chi connectivity index (χ2n) is 9.57. The topological polar surface area (TPSA) is 228 Å². The van der Waals surface area contributed by atoms with Gasteiger partial charge in [-0.1, -0.05) is 0 Å². The first-order valence-corrected chi connectivity index (χ1v) is 13.8. The number of amides is 1. The zero-order chi connectivity index (χ0) is 33.9. The molecule has 2 aromatic carbocycles. The van der Waals surface area contributed by atoms with Crippen molar-refractivity contribution < 1.29 is 47.9 Å². The number of nitrogens with one attached hydrogen (secondary N) is 1. The van der Waals surface area contributed by atoms with E-state index in [0.717, 1.165) is 4.68 Å². The van der Waals surface area contributed by atoms with Crippen LogP contribution in [0.25, 0.3) is 5.95 Å². The molecule has 18 heteroatoms. The van der Waals surface area contributed by atoms with Crippen molar-refractivity contribution in [2.75, 3.05) is 32.4 Å². The van der Waals surface area contributed by atoms with Crippen molar-refractivity contribution in [3.8, 4) is 23.5 Å². The number of carbonyl (C=O) groups is 2. The van der Waals surface area contributed by atoms with Crippen LogP contribution in [0.5, 0.6) is 17.5 Å². The van der Waals surface area contributed by atoms with Crippen molar-refractivity contribution in [3.05, 3.63) is 77.6 Å². The third-order valence-electron chi connectivity index (χ3n) is 5.94. The molecule has 2 heterocycles. The van der Waals surface area contributed by atoms with Gasteiger partial charge >= 0.3 is 18.3 Å². The molecule has 1 amide bonds. The number of nitrogens with two attached hydrogens (primary N) is 1. The summed E-state index contributed by atoms with van der Waals surface area (Å²) < 4.78 is 42.8. The number of halogens is 1. The Morgan fingerprint density at radius 3 is 2.49 bits per heavy atom. The molecular formula is C29H31FN8O9. The fourth-order valence-electron chi connectivity index (χ4n) is 3.95. The summed E-state index contributed by atoms with van der Waals surface area (Å²) in [5.74, 6) is -0.988. The van der Waals surface area contributed by atoms with Gasteiger partial charge in [-0.3, -0.25) is 0 Å². The maximum atomic E-state index is 16.1. The highest BCUT2D eigenvalue weighted by Crippen LogP contribution is 2.36. The highest BCUT2D eigenvalue weighted by atomic mass is 19.1. The summed E-state index contributed by atoms with van der Waals surface area (Å²) in [6.45, 7) is 2.04. The maximum Gasteiger partial charge on any atom is 0.508 e. The average Bonchev–Trinajstić information content (AvgIpc) is 3.47. The molecule has 0 saturated carbocycles. The van der Waals surface area contributed by atoms with Crippen molar-refractivity contribution in [3.63, 3.8) is 0 Å². The van der Waals surface area contributed by atoms with Crippen LogP contribution in [0.15, 0.2) is 59.9 Å². The van der Waals surface area contributed by atoms with E-state index < -0.39 is 30.9 Å². The monoisotopic (exact) mass is 654 g/mol. The lowest BCUT2D eigenvalue weighted by atomic mass is 10.0. The number of ether oxygens (including phenoxy) is 5. The molecule has 0 aliphatic rings. The Labute approximate surface area is 266 Å². The van der Waals surface area contributed by atoms with Crippen LogP contribution in [0.2, 0.25) is 0 Å². The Kier molecular flexibility index (Phi) is 11.4. The quantitative estimate of drug-likeness (QED) is 0.0663. The van der Waals surface area contributed by atoms with Crippen molar-refractivity contribution in [2.45, 2.75) is 26.0 Å². The molecule has 4 aromatic rings. The molecule has 5 N–H and O–H groups in total. The number of anilines is 1. The number of methoxy groups -OCH3 is 1. The number of aliphatic hydroxyl groups is 1. The van der Waals surface area contributed by atoms with Gasteiger partial charge in [-0.05, 0) is 50.2 Å². The molecule has 4 rings (SSSR count). The van der Waals surface area contributed by atoms with Crippen molar-refractivity contribution in [2.24, 2.45) is 10.7 Å². The lowest BCUT2D eigenvalue weighted by Crippen LogP contribution is -2.19. The van der Waals surface area contributed by atoms with Crippen LogP contribution in [0.1, 0.15) is 36.8 Å². The van der Waals surface area contributed by atoms with Gasteiger partial charge < -0.3 is 44.9 Å². The Morgan fingerprint density at radius 2 is 1.85 bits per heavy atom. The van der Waals surface area contributed by atoms with Gasteiger partial charge in [-0.15, -0.1) is 9.78 Å². The summed E-state index contributed by atoms with van der Waals surface area (Å²) in [7, 11) is 1.38. The second kappa shape index (κ2) is 15.8. The zero-order valence-corrected chi connectivity index (χ0v) is 25.4. The molecule has 0 aliphatic heterocycles. The fourth-order valence-corrected chi connectivity index (χ4v) is 3.95. The molecule has 0 bridgehead atoms. The number of amidine groups is 1. The molecule has 0 radical (unpaired) electrons. The van der Waals surface area contributed by atoms with Gasteiger partial charge in [0, 0.05) is 35.3 Å². The van der Waals surface area contributed by atoms with Crippen LogP contribution < -0.4 is 25.3 Å². The predicted octanol–water partition coefficient (Wildman–Crippen LogP) is 3.06. The van der Waals surface area contributed by atoms with Crippen LogP contribution in [0, 0.1) is 5.82 Å². The minimum Gasteiger partial charge on any atom is -0.497 e. The summed E-state index contributed by atoms with van der Waals surface area (Å²) >= 11 is 0. The van der Waals surface area contributed by atoms with Crippen molar-refractivity contribution >= 4 is 23.8 Å². The molecule has 2 aromatic heterocycles. The number of hydrogen-bond acceptors (Lipinski definition) is 13. The number of nitrogens with zero attached hydrogens (tertiary/aromatic N) is 6. The SMILES string of the molecule is COc1cc(OCCO)c(F)c([C@@H](Nc2ccc(C(N)=NC(=O)OC(C)C)cc2)c2nc(OCOC(=O)O)n(-c3ncccn3)n2)c1. The molecule has 0 unspecified atom stereocenters. The fraction of sp³-hybridized carbons (Fsp3) is 0.276. The van der Waals surface area contributed by atoms with E-state index in [9.17, 15) is 14.7 Å². The largest absolute Gasteiger partial charge is 0.508 e. The van der Waals surface area contributed by atoms with Crippen LogP contribution in [0.4, 0.5) is 19.7 Å². The second-order valence-corrected chi connectivity index (χ2v) is 9.57. The average molecular weight is 655 g/mol. The standard InChI is InChI=1S/C29H31FN8O9/c1-16(2)47-28(40)35-24(31)17-5-7-18(8-6-17)34-23(20-13-19(43-3)14-21(22(20)30)44-12-11-39)25-36-27(45-15-46-29(41)42)38(37-25)26-32-9-4-10-33-26/h4-10,13-14,16,23,34,39H,11-12,15H2,1-3H3,(H,41,42)(H2,31,35,40)/t23-/m1/s1. The van der Waals surface area contributed by atoms with Gasteiger partial charge in [0.2, 0.25) is 6.79 Å². The third kappa shape index (κ3) is 9.01. The summed E-state index contributed by atoms with van der Waals surface area (Å²) in [4.78, 5) is 39.2. The number of hydrogen-bond donors (Lipinski definition) is 4. The maximum absolute atomic E-state index is 16.1. The first-order valence-electron chi connectivity index (χ1n) is 13.8. The van der Waals surface area contributed by atoms with Crippen LogP contribution in [-0.2, 0) is 9.47 Å². The van der Waals surface area contributed by atoms with E-state index in [1.54, 1.807) is 44.2 Å². The molecule has 248 valence electrons. The molecule has 17 nitrogen and oxygen atoms in total. The van der Waals surface area contributed by atoms with Gasteiger partial charge in [0.15, 0.2) is 17.4 Å². The van der Waals surface area contributed by atoms with Crippen LogP contribution in [-0.4, -0.2) is 86.3 Å². The summed E-state index contributed by atoms with van der Waals surface area (Å²) in [6, 6.07) is 9.14. The van der Waals surface area contributed by atoms with E-state index in [0.29, 0.717) is 11.3 Å². The minimum atomic E-state index is -1.59. The Hall–Kier alpha value is -6.04. The van der Waals surface area contributed by atoms with E-state index >= 15 is 4.39 Å². The summed E-state index contributed by atoms with van der Waals surface area (Å²) in [5, 5.41) is 25.8. The van der Waals surface area contributed by atoms with Gasteiger partial charge in [0.25, 0.3) is 5.95 Å². The molecule has 0 aliphatic carbocycles. The molecule has 0 saturated heterocycles. The van der Waals surface area contributed by atoms with Crippen LogP contribution >= 0.6 is 0 Å². The molecule has 0 fully saturated rings. The molecular weight excluding hydrogens is 623 g/mol. The molecule has 47 heavy (non-hydrogen) atoms. The smallest absolute Gasteiger partial charge is 0.497 e. The normalized spacial score (nSPS) is 11.9. The number of aromatic nitrogens is 5. The zero-order valence-electron chi connectivity index (χ0n) is 25.4. The van der Waals surface area contributed by atoms with E-state index in [4.69, 9.17) is 29.8 Å². The number of carboxylic acid groups (broad SMARTS) is 1. The molecule has 0 spiro atoms. The van der Waals surface area contributed by atoms with E-state index in [-0.39, 0.29) is 60.0 Å². The number of carbonyl (C=O) groups excluding carboxylic acids is 1. The van der Waals surface area contributed by atoms with E-state index in [1.165, 1.54) is 31.6 Å². The Morgan fingerprint density at radius 1 is 1.13 bits per heavy atom. The highest BCUT2D eigenvalue weighted by molar-refractivity contribution is 6.02. The highest BCUT2D eigenvalue weighted by Gasteiger charge is 2.29. The van der Waals surface area contributed by atoms with Gasteiger partial charge in [0.05, 0.1) is 19.8 Å². The number of rotatable bonds is 14. The minimum absolute atomic E-state index is 0.00326. The van der Waals surface area contributed by atoms with Crippen molar-refractivity contribution in [1.82, 2.24) is 24.7 Å². The Balaban J connectivity index is 1.80. The first-order chi connectivity index (χ1) is 22.6. The predicted molar refractivity (Wildman–Crippen MR) is 161 cm³/mol. The van der Waals surface area contributed by atoms with E-state index in [1.807, 2.05) is 0 Å². The van der Waals surface area contributed by atoms with E-state index in [2.05, 4.69) is 35.1 Å². The number of benzene rings is 2. The summed E-state index contributed by atoms with van der Waals surface area (Å²) in [5.41, 5.74) is 6.76. The van der Waals surface area contributed by atoms with Gasteiger partial charge in [0.1, 0.15) is 24.2 Å². The van der Waals surface area contributed by atoms with Crippen LogP contribution in [0.3, 0.4) is 0 Å². The van der Waals surface area contributed by atoms with Gasteiger partial charge in [-0.25, -0.2) is 23.9 Å². The van der Waals surface area contributed by atoms with Gasteiger partial charge in [-0.2, -0.15) is 9.98 Å². The lowest BCUT2D eigenvalue weighted by molar-refractivity contribution is 0.0207. The number of aliphatic hydroxyl groups excluding tert-OH is 1. The molecule has 1 atom stereocenters. The van der Waals surface area contributed by atoms with Crippen molar-refractivity contribution in [1.29, 1.82) is 0 Å². The summed E-state index contributed by atoms with van der Waals surface area (Å²) in [6.07, 6.45) is 0.0515. The number of aliphatic imine (C=N–C) groups is 1. The third-order valence-corrected chi connectivity index (χ3v) is 5.94. The lowest BCUT2D eigenvalue weighted by Gasteiger charge is -2.21.